The number of carbonyl (C=O) groups is 1. The second-order valence-corrected chi connectivity index (χ2v) is 8.22. The van der Waals surface area contributed by atoms with Gasteiger partial charge in [-0.3, -0.25) is 14.4 Å². The fraction of sp³-hybridized carbons (Fsp3) is 0.450. The van der Waals surface area contributed by atoms with Crippen molar-refractivity contribution >= 4 is 32.6 Å². The fourth-order valence-corrected chi connectivity index (χ4v) is 4.52. The lowest BCUT2D eigenvalue weighted by Gasteiger charge is -2.22. The van der Waals surface area contributed by atoms with Gasteiger partial charge in [0.05, 0.1) is 22.9 Å². The van der Waals surface area contributed by atoms with Crippen LogP contribution in [0.2, 0.25) is 0 Å². The fourth-order valence-electron chi connectivity index (χ4n) is 3.52. The van der Waals surface area contributed by atoms with E-state index in [9.17, 15) is 18.0 Å². The van der Waals surface area contributed by atoms with E-state index in [2.05, 4.69) is 14.8 Å². The second kappa shape index (κ2) is 8.46. The number of amides is 1. The summed E-state index contributed by atoms with van der Waals surface area (Å²) in [6, 6.07) is 5.64. The van der Waals surface area contributed by atoms with Crippen LogP contribution in [0.15, 0.2) is 24.3 Å². The van der Waals surface area contributed by atoms with Crippen LogP contribution in [0, 0.1) is 6.92 Å². The van der Waals surface area contributed by atoms with Crippen LogP contribution in [0.4, 0.5) is 18.3 Å². The molecular weight excluding hydrogens is 433 g/mol. The monoisotopic (exact) mass is 454 g/mol. The van der Waals surface area contributed by atoms with Crippen LogP contribution in [-0.2, 0) is 11.3 Å². The highest BCUT2D eigenvalue weighted by Gasteiger charge is 2.32. The van der Waals surface area contributed by atoms with E-state index >= 15 is 0 Å². The highest BCUT2D eigenvalue weighted by Crippen LogP contribution is 2.34. The first-order chi connectivity index (χ1) is 14.7. The topological polar surface area (TPSA) is 69.5 Å². The number of aromatic nitrogens is 3. The molecule has 2 aromatic heterocycles. The lowest BCUT2D eigenvalue weighted by atomic mass is 10.2. The number of ether oxygens (including phenoxy) is 2. The molecular formula is C20H21F3N4O3S. The number of anilines is 1. The summed E-state index contributed by atoms with van der Waals surface area (Å²) in [5.74, 6) is -0.652. The number of nitrogens with zero attached hydrogens (tertiary/aromatic N) is 4. The summed E-state index contributed by atoms with van der Waals surface area (Å²) < 4.78 is 49.6. The molecule has 1 aliphatic rings. The number of thiazole rings is 1. The quantitative estimate of drug-likeness (QED) is 0.547. The second-order valence-electron chi connectivity index (χ2n) is 7.21. The maximum Gasteiger partial charge on any atom is 0.573 e. The van der Waals surface area contributed by atoms with Crippen molar-refractivity contribution in [2.24, 2.45) is 0 Å². The van der Waals surface area contributed by atoms with E-state index in [1.807, 2.05) is 13.8 Å². The molecule has 166 valence electrons. The number of alkyl halides is 3. The Morgan fingerprint density at radius 2 is 2.19 bits per heavy atom. The molecule has 1 aliphatic heterocycles. The molecule has 11 heteroatoms. The molecule has 1 aromatic carbocycles. The standard InChI is InChI=1S/C20H21F3N4O3S/c1-3-27-12(2)9-16(25-27)18(28)26(11-14-5-4-8-29-14)19-24-15-7-6-13(10-17(15)31-19)30-20(21,22)23/h6-7,9-10,14H,3-5,8,11H2,1-2H3. The average molecular weight is 454 g/mol. The van der Waals surface area contributed by atoms with Gasteiger partial charge in [0.2, 0.25) is 0 Å². The minimum Gasteiger partial charge on any atom is -0.406 e. The normalized spacial score (nSPS) is 16.7. The van der Waals surface area contributed by atoms with Crippen LogP contribution in [-0.4, -0.2) is 46.3 Å². The summed E-state index contributed by atoms with van der Waals surface area (Å²) >= 11 is 1.13. The highest BCUT2D eigenvalue weighted by atomic mass is 32.1. The van der Waals surface area contributed by atoms with Crippen molar-refractivity contribution in [1.29, 1.82) is 0 Å². The Morgan fingerprint density at radius 3 is 2.84 bits per heavy atom. The van der Waals surface area contributed by atoms with Gasteiger partial charge in [0, 0.05) is 24.9 Å². The Hall–Kier alpha value is -2.66. The zero-order valence-corrected chi connectivity index (χ0v) is 17.8. The Bertz CT molecular complexity index is 1090. The van der Waals surface area contributed by atoms with Gasteiger partial charge in [-0.15, -0.1) is 13.2 Å². The molecule has 3 aromatic rings. The molecule has 31 heavy (non-hydrogen) atoms. The summed E-state index contributed by atoms with van der Waals surface area (Å²) in [5, 5.41) is 4.75. The van der Waals surface area contributed by atoms with Crippen molar-refractivity contribution in [2.45, 2.75) is 45.7 Å². The van der Waals surface area contributed by atoms with Crippen molar-refractivity contribution < 1.29 is 27.4 Å². The number of halogens is 3. The SMILES string of the molecule is CCn1nc(C(=O)N(CC2CCCO2)c2nc3ccc(OC(F)(F)F)cc3s2)cc1C. The highest BCUT2D eigenvalue weighted by molar-refractivity contribution is 7.22. The first-order valence-electron chi connectivity index (χ1n) is 9.88. The van der Waals surface area contributed by atoms with Gasteiger partial charge in [-0.1, -0.05) is 11.3 Å². The van der Waals surface area contributed by atoms with E-state index in [0.29, 0.717) is 35.0 Å². The molecule has 1 amide bonds. The Labute approximate surface area is 180 Å². The van der Waals surface area contributed by atoms with E-state index in [-0.39, 0.29) is 23.5 Å². The maximum atomic E-state index is 13.3. The molecule has 7 nitrogen and oxygen atoms in total. The summed E-state index contributed by atoms with van der Waals surface area (Å²) in [4.78, 5) is 19.3. The van der Waals surface area contributed by atoms with Crippen molar-refractivity contribution in [2.75, 3.05) is 18.1 Å². The molecule has 1 saturated heterocycles. The third-order valence-corrected chi connectivity index (χ3v) is 6.01. The zero-order chi connectivity index (χ0) is 22.2. The first kappa shape index (κ1) is 21.6. The smallest absolute Gasteiger partial charge is 0.406 e. The molecule has 0 aliphatic carbocycles. The largest absolute Gasteiger partial charge is 0.573 e. The van der Waals surface area contributed by atoms with Crippen LogP contribution < -0.4 is 9.64 Å². The average Bonchev–Trinajstić information content (AvgIpc) is 3.43. The molecule has 1 unspecified atom stereocenters. The summed E-state index contributed by atoms with van der Waals surface area (Å²) in [6.07, 6.45) is -3.18. The lowest BCUT2D eigenvalue weighted by Crippen LogP contribution is -2.37. The summed E-state index contributed by atoms with van der Waals surface area (Å²) in [7, 11) is 0. The summed E-state index contributed by atoms with van der Waals surface area (Å²) in [6.45, 7) is 5.37. The molecule has 0 N–H and O–H groups in total. The zero-order valence-electron chi connectivity index (χ0n) is 17.0. The number of carbonyl (C=O) groups excluding carboxylic acids is 1. The Balaban J connectivity index is 1.68. The van der Waals surface area contributed by atoms with Crippen LogP contribution in [0.5, 0.6) is 5.75 Å². The van der Waals surface area contributed by atoms with Crippen LogP contribution >= 0.6 is 11.3 Å². The van der Waals surface area contributed by atoms with E-state index in [0.717, 1.165) is 29.9 Å². The minimum absolute atomic E-state index is 0.130. The molecule has 0 saturated carbocycles. The van der Waals surface area contributed by atoms with E-state index < -0.39 is 6.36 Å². The number of hydrogen-bond donors (Lipinski definition) is 0. The van der Waals surface area contributed by atoms with Gasteiger partial charge < -0.3 is 9.47 Å². The number of aryl methyl sites for hydroxylation is 2. The van der Waals surface area contributed by atoms with Gasteiger partial charge in [0.1, 0.15) is 5.75 Å². The molecule has 0 spiro atoms. The molecule has 0 radical (unpaired) electrons. The molecule has 3 heterocycles. The number of hydrogen-bond acceptors (Lipinski definition) is 6. The van der Waals surface area contributed by atoms with Gasteiger partial charge in [-0.05, 0) is 44.9 Å². The Kier molecular flexibility index (Phi) is 5.89. The summed E-state index contributed by atoms with van der Waals surface area (Å²) in [5.41, 5.74) is 1.63. The van der Waals surface area contributed by atoms with Crippen molar-refractivity contribution in [1.82, 2.24) is 14.8 Å². The van der Waals surface area contributed by atoms with Gasteiger partial charge in [-0.25, -0.2) is 4.98 Å². The van der Waals surface area contributed by atoms with Gasteiger partial charge >= 0.3 is 6.36 Å². The molecule has 1 fully saturated rings. The van der Waals surface area contributed by atoms with Crippen LogP contribution in [0.3, 0.4) is 0 Å². The van der Waals surface area contributed by atoms with E-state index in [1.54, 1.807) is 10.7 Å². The van der Waals surface area contributed by atoms with Gasteiger partial charge in [0.15, 0.2) is 10.8 Å². The molecule has 0 bridgehead atoms. The predicted molar refractivity (Wildman–Crippen MR) is 110 cm³/mol. The first-order valence-corrected chi connectivity index (χ1v) is 10.7. The van der Waals surface area contributed by atoms with Crippen molar-refractivity contribution in [3.8, 4) is 5.75 Å². The van der Waals surface area contributed by atoms with Crippen molar-refractivity contribution in [3.63, 3.8) is 0 Å². The number of fused-ring (bicyclic) bond motifs is 1. The van der Waals surface area contributed by atoms with Crippen LogP contribution in [0.1, 0.15) is 35.9 Å². The number of rotatable bonds is 6. The maximum absolute atomic E-state index is 13.3. The lowest BCUT2D eigenvalue weighted by molar-refractivity contribution is -0.274. The molecule has 4 rings (SSSR count). The predicted octanol–water partition coefficient (Wildman–Crippen LogP) is 4.55. The van der Waals surface area contributed by atoms with Gasteiger partial charge in [0.25, 0.3) is 5.91 Å². The number of benzene rings is 1. The Morgan fingerprint density at radius 1 is 1.39 bits per heavy atom. The minimum atomic E-state index is -4.78. The van der Waals surface area contributed by atoms with Gasteiger partial charge in [-0.2, -0.15) is 5.10 Å². The van der Waals surface area contributed by atoms with Crippen LogP contribution in [0.25, 0.3) is 10.2 Å². The van der Waals surface area contributed by atoms with E-state index in [1.165, 1.54) is 23.1 Å². The third-order valence-electron chi connectivity index (χ3n) is 4.97. The third kappa shape index (κ3) is 4.82. The molecule has 1 atom stereocenters. The van der Waals surface area contributed by atoms with Crippen molar-refractivity contribution in [3.05, 3.63) is 35.7 Å². The van der Waals surface area contributed by atoms with E-state index in [4.69, 9.17) is 4.74 Å².